The molecule has 1 aliphatic heterocycles. The number of fused-ring (bicyclic) bond motifs is 1. The van der Waals surface area contributed by atoms with Crippen LogP contribution in [0.15, 0.2) is 54.6 Å². The number of benzene rings is 2. The van der Waals surface area contributed by atoms with Gasteiger partial charge in [0.15, 0.2) is 6.61 Å². The molecule has 2 amide bonds. The number of nitrogens with one attached hydrogen (secondary N) is 1. The number of hydrogen-bond donors (Lipinski definition) is 1. The lowest BCUT2D eigenvalue weighted by molar-refractivity contribution is -0.137. The van der Waals surface area contributed by atoms with Gasteiger partial charge in [0.05, 0.1) is 24.4 Å². The van der Waals surface area contributed by atoms with Crippen LogP contribution in [0.5, 0.6) is 5.75 Å². The van der Waals surface area contributed by atoms with E-state index in [0.29, 0.717) is 37.7 Å². The zero-order valence-electron chi connectivity index (χ0n) is 16.8. The molecule has 0 radical (unpaired) electrons. The van der Waals surface area contributed by atoms with E-state index in [1.165, 1.54) is 6.92 Å². The Hall–Kier alpha value is -3.45. The normalized spacial score (nSPS) is 13.8. The molecule has 0 aliphatic carbocycles. The summed E-state index contributed by atoms with van der Waals surface area (Å²) in [6.07, 6.45) is 0. The van der Waals surface area contributed by atoms with Crippen LogP contribution in [-0.2, 0) is 14.3 Å². The topological polar surface area (TPSA) is 80.8 Å². The van der Waals surface area contributed by atoms with Gasteiger partial charge in [-0.15, -0.1) is 0 Å². The largest absolute Gasteiger partial charge is 0.483 e. The molecule has 0 saturated carbocycles. The molecule has 2 aromatic carbocycles. The summed E-state index contributed by atoms with van der Waals surface area (Å²) in [6, 6.07) is 17.1. The Balaban J connectivity index is 1.67. The molecule has 7 nitrogen and oxygen atoms in total. The van der Waals surface area contributed by atoms with Crippen molar-refractivity contribution < 1.29 is 19.1 Å². The Morgan fingerprint density at radius 2 is 1.87 bits per heavy atom. The summed E-state index contributed by atoms with van der Waals surface area (Å²) >= 11 is 0. The van der Waals surface area contributed by atoms with Crippen LogP contribution in [0, 0.1) is 0 Å². The summed E-state index contributed by atoms with van der Waals surface area (Å²) in [5.74, 6) is 0.309. The van der Waals surface area contributed by atoms with E-state index >= 15 is 0 Å². The molecule has 1 aliphatic rings. The summed E-state index contributed by atoms with van der Waals surface area (Å²) in [4.78, 5) is 30.5. The first kappa shape index (κ1) is 19.8. The van der Waals surface area contributed by atoms with Gasteiger partial charge < -0.3 is 19.7 Å². The van der Waals surface area contributed by atoms with Crippen molar-refractivity contribution in [3.63, 3.8) is 0 Å². The van der Waals surface area contributed by atoms with Gasteiger partial charge in [0, 0.05) is 42.7 Å². The van der Waals surface area contributed by atoms with Crippen molar-refractivity contribution in [3.05, 3.63) is 54.6 Å². The van der Waals surface area contributed by atoms with Crippen LogP contribution in [0.3, 0.4) is 0 Å². The second-order valence-electron chi connectivity index (χ2n) is 7.07. The van der Waals surface area contributed by atoms with Crippen LogP contribution in [0.1, 0.15) is 6.92 Å². The second kappa shape index (κ2) is 8.92. The summed E-state index contributed by atoms with van der Waals surface area (Å²) in [7, 11) is 0. The molecule has 0 spiro atoms. The maximum atomic E-state index is 12.5. The van der Waals surface area contributed by atoms with Crippen molar-refractivity contribution in [2.75, 3.05) is 38.2 Å². The van der Waals surface area contributed by atoms with E-state index < -0.39 is 0 Å². The minimum Gasteiger partial charge on any atom is -0.483 e. The number of rotatable bonds is 5. The molecule has 154 valence electrons. The molecule has 0 unspecified atom stereocenters. The summed E-state index contributed by atoms with van der Waals surface area (Å²) in [6.45, 7) is 3.61. The maximum Gasteiger partial charge on any atom is 0.260 e. The fourth-order valence-electron chi connectivity index (χ4n) is 3.40. The Morgan fingerprint density at radius 1 is 1.10 bits per heavy atom. The molecule has 1 saturated heterocycles. The molecule has 2 heterocycles. The lowest BCUT2D eigenvalue weighted by atomic mass is 10.1. The number of nitrogens with zero attached hydrogens (tertiary/aromatic N) is 2. The number of anilines is 1. The molecule has 0 bridgehead atoms. The third-order valence-electron chi connectivity index (χ3n) is 4.88. The minimum absolute atomic E-state index is 0.0717. The maximum absolute atomic E-state index is 12.5. The van der Waals surface area contributed by atoms with Gasteiger partial charge in [-0.3, -0.25) is 9.59 Å². The Bertz CT molecular complexity index is 1060. The van der Waals surface area contributed by atoms with Crippen LogP contribution < -0.4 is 10.1 Å². The molecule has 30 heavy (non-hydrogen) atoms. The Labute approximate surface area is 174 Å². The second-order valence-corrected chi connectivity index (χ2v) is 7.07. The van der Waals surface area contributed by atoms with Gasteiger partial charge in [-0.2, -0.15) is 0 Å². The van der Waals surface area contributed by atoms with Crippen LogP contribution in [0.4, 0.5) is 5.69 Å². The average Bonchev–Trinajstić information content (AvgIpc) is 2.78. The minimum atomic E-state index is -0.159. The van der Waals surface area contributed by atoms with Crippen LogP contribution in [0.25, 0.3) is 22.2 Å². The van der Waals surface area contributed by atoms with E-state index in [1.807, 2.05) is 48.5 Å². The quantitative estimate of drug-likeness (QED) is 0.706. The van der Waals surface area contributed by atoms with Gasteiger partial charge in [0.2, 0.25) is 5.91 Å². The zero-order chi connectivity index (χ0) is 20.9. The van der Waals surface area contributed by atoms with Gasteiger partial charge in [0.25, 0.3) is 5.91 Å². The number of morpholine rings is 1. The lowest BCUT2D eigenvalue weighted by Gasteiger charge is -2.26. The van der Waals surface area contributed by atoms with Gasteiger partial charge in [-0.05, 0) is 18.2 Å². The highest BCUT2D eigenvalue weighted by molar-refractivity contribution is 5.95. The smallest absolute Gasteiger partial charge is 0.260 e. The third kappa shape index (κ3) is 4.58. The van der Waals surface area contributed by atoms with Crippen molar-refractivity contribution in [1.29, 1.82) is 0 Å². The highest BCUT2D eigenvalue weighted by Gasteiger charge is 2.18. The van der Waals surface area contributed by atoms with E-state index in [4.69, 9.17) is 14.5 Å². The molecule has 1 N–H and O–H groups in total. The predicted octanol–water partition coefficient (Wildman–Crippen LogP) is 3.10. The molecule has 0 atom stereocenters. The standard InChI is InChI=1S/C23H23N3O4/c1-16(27)24-18-7-8-20-19(13-18)22(14-21(25-20)17-5-3-2-4-6-17)30-15-23(28)26-9-11-29-12-10-26/h2-8,13-14H,9-12,15H2,1H3,(H,24,27). The van der Waals surface area contributed by atoms with E-state index in [-0.39, 0.29) is 18.4 Å². The zero-order valence-corrected chi connectivity index (χ0v) is 16.8. The first-order valence-corrected chi connectivity index (χ1v) is 9.86. The van der Waals surface area contributed by atoms with Gasteiger partial charge >= 0.3 is 0 Å². The molecular weight excluding hydrogens is 382 g/mol. The summed E-state index contributed by atoms with van der Waals surface area (Å²) < 4.78 is 11.3. The van der Waals surface area contributed by atoms with Crippen molar-refractivity contribution >= 4 is 28.4 Å². The van der Waals surface area contributed by atoms with E-state index in [1.54, 1.807) is 11.0 Å². The summed E-state index contributed by atoms with van der Waals surface area (Å²) in [5, 5.41) is 3.51. The Morgan fingerprint density at radius 3 is 2.60 bits per heavy atom. The molecular formula is C23H23N3O4. The highest BCUT2D eigenvalue weighted by atomic mass is 16.5. The van der Waals surface area contributed by atoms with Crippen molar-refractivity contribution in [2.45, 2.75) is 6.92 Å². The molecule has 4 rings (SSSR count). The van der Waals surface area contributed by atoms with Gasteiger partial charge in [-0.25, -0.2) is 4.98 Å². The fraction of sp³-hybridized carbons (Fsp3) is 0.261. The number of ether oxygens (including phenoxy) is 2. The van der Waals surface area contributed by atoms with E-state index in [9.17, 15) is 9.59 Å². The molecule has 3 aromatic rings. The number of carbonyl (C=O) groups excluding carboxylic acids is 2. The first-order chi connectivity index (χ1) is 14.6. The first-order valence-electron chi connectivity index (χ1n) is 9.86. The predicted molar refractivity (Wildman–Crippen MR) is 114 cm³/mol. The monoisotopic (exact) mass is 405 g/mol. The molecule has 7 heteroatoms. The van der Waals surface area contributed by atoms with E-state index in [0.717, 1.165) is 22.2 Å². The highest BCUT2D eigenvalue weighted by Crippen LogP contribution is 2.32. The van der Waals surface area contributed by atoms with Crippen LogP contribution >= 0.6 is 0 Å². The molecule has 1 fully saturated rings. The average molecular weight is 405 g/mol. The number of amides is 2. The van der Waals surface area contributed by atoms with Crippen molar-refractivity contribution in [3.8, 4) is 17.0 Å². The fourth-order valence-corrected chi connectivity index (χ4v) is 3.40. The van der Waals surface area contributed by atoms with Crippen molar-refractivity contribution in [2.24, 2.45) is 0 Å². The van der Waals surface area contributed by atoms with Gasteiger partial charge in [0.1, 0.15) is 5.75 Å². The number of hydrogen-bond acceptors (Lipinski definition) is 5. The molecule has 1 aromatic heterocycles. The van der Waals surface area contributed by atoms with Crippen LogP contribution in [0.2, 0.25) is 0 Å². The number of pyridine rings is 1. The third-order valence-corrected chi connectivity index (χ3v) is 4.88. The number of aromatic nitrogens is 1. The van der Waals surface area contributed by atoms with E-state index in [2.05, 4.69) is 5.32 Å². The summed E-state index contributed by atoms with van der Waals surface area (Å²) in [5.41, 5.74) is 3.08. The van der Waals surface area contributed by atoms with Gasteiger partial charge in [-0.1, -0.05) is 30.3 Å². The number of carbonyl (C=O) groups is 2. The lowest BCUT2D eigenvalue weighted by Crippen LogP contribution is -2.43. The SMILES string of the molecule is CC(=O)Nc1ccc2nc(-c3ccccc3)cc(OCC(=O)N3CCOCC3)c2c1. The van der Waals surface area contributed by atoms with Crippen LogP contribution in [-0.4, -0.2) is 54.6 Å². The Kier molecular flexibility index (Phi) is 5.90. The van der Waals surface area contributed by atoms with Crippen molar-refractivity contribution in [1.82, 2.24) is 9.88 Å².